The molecule has 2 heterocycles. The summed E-state index contributed by atoms with van der Waals surface area (Å²) < 4.78 is 22.8. The highest BCUT2D eigenvalue weighted by Crippen LogP contribution is 2.30. The number of carbonyl (C=O) groups excluding carboxylic acids is 1. The summed E-state index contributed by atoms with van der Waals surface area (Å²) in [7, 11) is 0. The second-order valence-corrected chi connectivity index (χ2v) is 23.6. The fraction of sp³-hybridized carbons (Fsp3) is 0.894. The number of aliphatic hydroxyl groups is 8. The Bertz CT molecular complexity index is 1480. The van der Waals surface area contributed by atoms with Gasteiger partial charge in [-0.05, 0) is 44.9 Å². The average Bonchev–Trinajstić information content (AvgIpc) is 3.46. The van der Waals surface area contributed by atoms with Crippen molar-refractivity contribution in [1.29, 1.82) is 0 Å². The van der Waals surface area contributed by atoms with E-state index in [9.17, 15) is 45.6 Å². The number of amides is 1. The maximum atomic E-state index is 13.3. The molecule has 0 spiro atoms. The maximum Gasteiger partial charge on any atom is 0.220 e. The van der Waals surface area contributed by atoms with E-state index in [-0.39, 0.29) is 18.9 Å². The number of hydrogen-bond acceptors (Lipinski definition) is 13. The summed E-state index contributed by atoms with van der Waals surface area (Å²) >= 11 is 0. The van der Waals surface area contributed by atoms with Gasteiger partial charge in [0.1, 0.15) is 48.8 Å². The van der Waals surface area contributed by atoms with Crippen molar-refractivity contribution in [3.8, 4) is 0 Å². The van der Waals surface area contributed by atoms with Gasteiger partial charge in [-0.3, -0.25) is 4.79 Å². The van der Waals surface area contributed by atoms with Gasteiger partial charge in [-0.1, -0.05) is 269 Å². The van der Waals surface area contributed by atoms with Crippen molar-refractivity contribution in [3.05, 3.63) is 36.5 Å². The van der Waals surface area contributed by atoms with Crippen LogP contribution in [0.4, 0.5) is 0 Å². The molecule has 1 amide bonds. The van der Waals surface area contributed by atoms with E-state index in [0.717, 1.165) is 44.9 Å². The highest BCUT2D eigenvalue weighted by atomic mass is 16.7. The Morgan fingerprint density at radius 3 is 1.23 bits per heavy atom. The van der Waals surface area contributed by atoms with E-state index < -0.39 is 86.8 Å². The van der Waals surface area contributed by atoms with Crippen molar-refractivity contribution >= 4 is 5.91 Å². The molecule has 0 radical (unpaired) electrons. The van der Waals surface area contributed by atoms with E-state index in [4.69, 9.17) is 18.9 Å². The Balaban J connectivity index is 1.71. The molecule has 2 rings (SSSR count). The van der Waals surface area contributed by atoms with Gasteiger partial charge in [-0.25, -0.2) is 0 Å². The second kappa shape index (κ2) is 51.6. The first-order valence-corrected chi connectivity index (χ1v) is 33.2. The van der Waals surface area contributed by atoms with Gasteiger partial charge >= 0.3 is 0 Å². The molecule has 0 aromatic heterocycles. The van der Waals surface area contributed by atoms with Crippen LogP contribution in [-0.2, 0) is 23.7 Å². The van der Waals surface area contributed by atoms with Crippen molar-refractivity contribution in [1.82, 2.24) is 5.32 Å². The molecule has 0 aliphatic carbocycles. The Morgan fingerprint density at radius 2 is 0.800 bits per heavy atom. The number of rotatable bonds is 54. The summed E-state index contributed by atoms with van der Waals surface area (Å²) in [6, 6.07) is -0.936. The van der Waals surface area contributed by atoms with E-state index in [1.165, 1.54) is 205 Å². The average molecular weight is 1140 g/mol. The fourth-order valence-electron chi connectivity index (χ4n) is 11.0. The lowest BCUT2D eigenvalue weighted by Gasteiger charge is -2.46. The van der Waals surface area contributed by atoms with Gasteiger partial charge in [-0.15, -0.1) is 0 Å². The molecule has 14 heteroatoms. The van der Waals surface area contributed by atoms with Crippen LogP contribution in [0.2, 0.25) is 0 Å². The monoisotopic (exact) mass is 1140 g/mol. The summed E-state index contributed by atoms with van der Waals surface area (Å²) in [6.07, 6.45) is 47.8. The summed E-state index contributed by atoms with van der Waals surface area (Å²) in [5, 5.41) is 87.2. The Morgan fingerprint density at radius 1 is 0.438 bits per heavy atom. The third-order valence-corrected chi connectivity index (χ3v) is 16.3. The van der Waals surface area contributed by atoms with Crippen LogP contribution in [0, 0.1) is 0 Å². The molecule has 2 aliphatic rings. The number of nitrogens with one attached hydrogen (secondary N) is 1. The van der Waals surface area contributed by atoms with Crippen LogP contribution in [0.1, 0.15) is 284 Å². The summed E-state index contributed by atoms with van der Waals surface area (Å²) in [4.78, 5) is 13.3. The molecule has 0 aromatic carbocycles. The van der Waals surface area contributed by atoms with Crippen molar-refractivity contribution in [2.45, 2.75) is 357 Å². The zero-order valence-electron chi connectivity index (χ0n) is 50.8. The molecule has 9 N–H and O–H groups in total. The molecule has 470 valence electrons. The SMILES string of the molecule is CCCCCCCCCCCCCCCCCCCCCC/C=C/CC/C=C/CC/C=C/C(O)C(COC1OC(CO)C(OC2OC(CO)C(O)C(O)C2O)C(O)C1O)NC(=O)CCCCCCCCCCCCCCCCCC. The second-order valence-electron chi connectivity index (χ2n) is 23.6. The predicted octanol–water partition coefficient (Wildman–Crippen LogP) is 12.6. The molecule has 2 aliphatic heterocycles. The van der Waals surface area contributed by atoms with Crippen LogP contribution < -0.4 is 5.32 Å². The molecular weight excluding hydrogens is 1010 g/mol. The quantitative estimate of drug-likeness (QED) is 0.0204. The molecule has 2 fully saturated rings. The number of ether oxygens (including phenoxy) is 4. The van der Waals surface area contributed by atoms with Crippen molar-refractivity contribution in [3.63, 3.8) is 0 Å². The minimum absolute atomic E-state index is 0.250. The molecule has 80 heavy (non-hydrogen) atoms. The number of aliphatic hydroxyl groups excluding tert-OH is 8. The Hall–Kier alpha value is -1.79. The zero-order valence-corrected chi connectivity index (χ0v) is 50.8. The largest absolute Gasteiger partial charge is 0.394 e. The van der Waals surface area contributed by atoms with Crippen molar-refractivity contribution in [2.24, 2.45) is 0 Å². The summed E-state index contributed by atoms with van der Waals surface area (Å²) in [6.45, 7) is 2.81. The standard InChI is InChI=1S/C66H123NO13/c1-3-5-7-9-11-13-15-17-19-21-22-23-24-25-26-27-28-29-30-31-32-33-34-35-37-39-41-43-45-47-49-55(70)54(67-58(71)50-48-46-44-42-40-38-36-20-18-16-14-12-10-8-6-4-2)53-77-65-63(76)61(74)64(57(52-69)79-65)80-66-62(75)60(73)59(72)56(51-68)78-66/h33-34,39,41,47,49,54-57,59-66,68-70,72-76H,3-32,35-38,40,42-46,48,50-53H2,1-2H3,(H,67,71)/b34-33+,41-39+,49-47+. The van der Waals surface area contributed by atoms with Gasteiger partial charge in [0.15, 0.2) is 12.6 Å². The van der Waals surface area contributed by atoms with Crippen LogP contribution in [0.3, 0.4) is 0 Å². The number of allylic oxidation sites excluding steroid dienone is 5. The zero-order chi connectivity index (χ0) is 58.1. The Labute approximate surface area is 487 Å². The molecule has 14 nitrogen and oxygen atoms in total. The molecule has 0 aromatic rings. The smallest absolute Gasteiger partial charge is 0.220 e. The third kappa shape index (κ3) is 36.1. The van der Waals surface area contributed by atoms with Gasteiger partial charge in [0.05, 0.1) is 32.0 Å². The highest BCUT2D eigenvalue weighted by Gasteiger charge is 2.51. The summed E-state index contributed by atoms with van der Waals surface area (Å²) in [5.41, 5.74) is 0. The minimum atomic E-state index is -1.79. The van der Waals surface area contributed by atoms with Crippen molar-refractivity contribution < 1.29 is 64.6 Å². The van der Waals surface area contributed by atoms with E-state index in [1.54, 1.807) is 6.08 Å². The predicted molar refractivity (Wildman–Crippen MR) is 323 cm³/mol. The van der Waals surface area contributed by atoms with Crippen LogP contribution in [0.5, 0.6) is 0 Å². The van der Waals surface area contributed by atoms with Gasteiger partial charge in [0, 0.05) is 6.42 Å². The molecule has 0 bridgehead atoms. The topological polar surface area (TPSA) is 228 Å². The minimum Gasteiger partial charge on any atom is -0.394 e. The molecule has 12 atom stereocenters. The van der Waals surface area contributed by atoms with Crippen LogP contribution in [-0.4, -0.2) is 140 Å². The molecular formula is C66H123NO13. The highest BCUT2D eigenvalue weighted by molar-refractivity contribution is 5.76. The number of hydrogen-bond donors (Lipinski definition) is 9. The van der Waals surface area contributed by atoms with E-state index in [2.05, 4.69) is 43.5 Å². The lowest BCUT2D eigenvalue weighted by molar-refractivity contribution is -0.359. The summed E-state index contributed by atoms with van der Waals surface area (Å²) in [5.74, 6) is -0.250. The normalized spacial score (nSPS) is 24.4. The molecule has 0 saturated carbocycles. The van der Waals surface area contributed by atoms with Gasteiger partial charge in [0.25, 0.3) is 0 Å². The fourth-order valence-corrected chi connectivity index (χ4v) is 11.0. The first kappa shape index (κ1) is 74.3. The number of unbranched alkanes of at least 4 members (excludes halogenated alkanes) is 37. The van der Waals surface area contributed by atoms with E-state index >= 15 is 0 Å². The number of carbonyl (C=O) groups is 1. The van der Waals surface area contributed by atoms with Crippen LogP contribution in [0.25, 0.3) is 0 Å². The van der Waals surface area contributed by atoms with E-state index in [0.29, 0.717) is 12.8 Å². The van der Waals surface area contributed by atoms with Gasteiger partial charge in [0.2, 0.25) is 5.91 Å². The lowest BCUT2D eigenvalue weighted by atomic mass is 9.97. The Kier molecular flexibility index (Phi) is 47.9. The van der Waals surface area contributed by atoms with Crippen molar-refractivity contribution in [2.75, 3.05) is 19.8 Å². The molecule has 2 saturated heterocycles. The van der Waals surface area contributed by atoms with Crippen LogP contribution >= 0.6 is 0 Å². The van der Waals surface area contributed by atoms with Gasteiger partial charge in [-0.2, -0.15) is 0 Å². The third-order valence-electron chi connectivity index (χ3n) is 16.3. The van der Waals surface area contributed by atoms with Gasteiger partial charge < -0.3 is 65.1 Å². The first-order valence-electron chi connectivity index (χ1n) is 33.2. The lowest BCUT2D eigenvalue weighted by Crippen LogP contribution is -2.65. The molecule has 12 unspecified atom stereocenters. The first-order chi connectivity index (χ1) is 39.1. The maximum absolute atomic E-state index is 13.3. The van der Waals surface area contributed by atoms with Crippen LogP contribution in [0.15, 0.2) is 36.5 Å². The van der Waals surface area contributed by atoms with E-state index in [1.807, 2.05) is 6.08 Å².